The molecule has 2 fully saturated rings. The number of thiazole rings is 1. The van der Waals surface area contributed by atoms with Gasteiger partial charge in [-0.2, -0.15) is 5.10 Å². The first-order chi connectivity index (χ1) is 16.1. The lowest BCUT2D eigenvalue weighted by Crippen LogP contribution is -2.38. The highest BCUT2D eigenvalue weighted by molar-refractivity contribution is 7.11. The molecule has 3 aliphatic rings. The molecule has 0 unspecified atom stereocenters. The molecule has 174 valence electrons. The Labute approximate surface area is 199 Å². The summed E-state index contributed by atoms with van der Waals surface area (Å²) in [7, 11) is 1.90. The van der Waals surface area contributed by atoms with E-state index in [1.54, 1.807) is 9.56 Å². The van der Waals surface area contributed by atoms with Gasteiger partial charge >= 0.3 is 0 Å². The Morgan fingerprint density at radius 1 is 1.18 bits per heavy atom. The average Bonchev–Trinajstić information content (AvgIpc) is 3.47. The van der Waals surface area contributed by atoms with Gasteiger partial charge in [-0.1, -0.05) is 6.07 Å². The molecule has 0 atom stereocenters. The number of hydrogen-bond acceptors (Lipinski definition) is 5. The Kier molecular flexibility index (Phi) is 5.70. The van der Waals surface area contributed by atoms with E-state index in [2.05, 4.69) is 15.3 Å². The number of nitrogens with one attached hydrogen (secondary N) is 1. The van der Waals surface area contributed by atoms with Crippen LogP contribution >= 0.6 is 11.3 Å². The summed E-state index contributed by atoms with van der Waals surface area (Å²) in [5.41, 5.74) is 2.97. The molecule has 6 nitrogen and oxygen atoms in total. The van der Waals surface area contributed by atoms with Crippen molar-refractivity contribution in [3.63, 3.8) is 0 Å². The number of aryl methyl sites for hydroxylation is 1. The Morgan fingerprint density at radius 2 is 2.03 bits per heavy atom. The SMILES string of the molecule is Cn1cc2c(C(=O)N[C@H]3CC[C@H](CCN4CCc5sc(C6CC6)nc5C4)CC3)cccc2n1. The summed E-state index contributed by atoms with van der Waals surface area (Å²) in [4.78, 5) is 22.1. The van der Waals surface area contributed by atoms with Crippen LogP contribution in [0.1, 0.15) is 76.8 Å². The van der Waals surface area contributed by atoms with E-state index in [1.165, 1.54) is 62.3 Å². The number of hydrogen-bond donors (Lipinski definition) is 1. The van der Waals surface area contributed by atoms with E-state index in [9.17, 15) is 4.79 Å². The summed E-state index contributed by atoms with van der Waals surface area (Å²) in [6.07, 6.45) is 11.7. The lowest BCUT2D eigenvalue weighted by molar-refractivity contribution is 0.0921. The van der Waals surface area contributed by atoms with E-state index in [4.69, 9.17) is 4.98 Å². The van der Waals surface area contributed by atoms with Crippen LogP contribution in [0, 0.1) is 5.92 Å². The van der Waals surface area contributed by atoms with Gasteiger partial charge in [-0.3, -0.25) is 14.4 Å². The number of amides is 1. The molecule has 1 aliphatic heterocycles. The smallest absolute Gasteiger partial charge is 0.252 e. The van der Waals surface area contributed by atoms with E-state index in [0.29, 0.717) is 0 Å². The van der Waals surface area contributed by atoms with Gasteiger partial charge in [-0.25, -0.2) is 4.98 Å². The minimum absolute atomic E-state index is 0.0370. The number of rotatable bonds is 6. The topological polar surface area (TPSA) is 63.1 Å². The number of nitrogens with zero attached hydrogens (tertiary/aromatic N) is 4. The predicted molar refractivity (Wildman–Crippen MR) is 132 cm³/mol. The van der Waals surface area contributed by atoms with Crippen molar-refractivity contribution in [2.45, 2.75) is 69.9 Å². The van der Waals surface area contributed by atoms with Crippen LogP contribution in [0.15, 0.2) is 24.4 Å². The maximum Gasteiger partial charge on any atom is 0.252 e. The quantitative estimate of drug-likeness (QED) is 0.578. The van der Waals surface area contributed by atoms with Crippen LogP contribution in [-0.4, -0.2) is 44.7 Å². The van der Waals surface area contributed by atoms with Gasteiger partial charge in [0.05, 0.1) is 21.8 Å². The van der Waals surface area contributed by atoms with Gasteiger partial charge in [-0.15, -0.1) is 11.3 Å². The van der Waals surface area contributed by atoms with E-state index >= 15 is 0 Å². The summed E-state index contributed by atoms with van der Waals surface area (Å²) < 4.78 is 1.77. The zero-order valence-corrected chi connectivity index (χ0v) is 20.2. The van der Waals surface area contributed by atoms with Gasteiger partial charge in [-0.05, 0) is 76.0 Å². The minimum atomic E-state index is 0.0370. The van der Waals surface area contributed by atoms with Gasteiger partial charge < -0.3 is 5.32 Å². The summed E-state index contributed by atoms with van der Waals surface area (Å²) in [5.74, 6) is 1.59. The van der Waals surface area contributed by atoms with Crippen LogP contribution in [0.2, 0.25) is 0 Å². The molecule has 6 rings (SSSR count). The fourth-order valence-electron chi connectivity index (χ4n) is 5.55. The molecular weight excluding hydrogens is 430 g/mol. The molecule has 1 aromatic carbocycles. The van der Waals surface area contributed by atoms with Gasteiger partial charge in [0.1, 0.15) is 0 Å². The minimum Gasteiger partial charge on any atom is -0.349 e. The van der Waals surface area contributed by atoms with Crippen LogP contribution in [0.5, 0.6) is 0 Å². The van der Waals surface area contributed by atoms with Crippen molar-refractivity contribution in [3.05, 3.63) is 45.5 Å². The first kappa shape index (κ1) is 21.3. The lowest BCUT2D eigenvalue weighted by atomic mass is 9.84. The Bertz CT molecular complexity index is 1150. The maximum absolute atomic E-state index is 12.9. The van der Waals surface area contributed by atoms with Crippen LogP contribution in [0.4, 0.5) is 0 Å². The number of aromatic nitrogens is 3. The van der Waals surface area contributed by atoms with Crippen molar-refractivity contribution in [2.75, 3.05) is 13.1 Å². The average molecular weight is 464 g/mol. The molecule has 3 aromatic rings. The van der Waals surface area contributed by atoms with Crippen LogP contribution < -0.4 is 5.32 Å². The van der Waals surface area contributed by atoms with Crippen molar-refractivity contribution in [3.8, 4) is 0 Å². The standard InChI is InChI=1S/C26H33N5OS/c1-30-15-21-20(3-2-4-22(21)29-30)25(32)27-19-9-5-17(6-10-19)11-13-31-14-12-24-23(16-31)28-26(33-24)18-7-8-18/h2-4,15,17-19H,5-14,16H2,1H3,(H,27,32)/t17-,19-. The van der Waals surface area contributed by atoms with Crippen LogP contribution in [0.25, 0.3) is 10.9 Å². The zero-order chi connectivity index (χ0) is 22.4. The third kappa shape index (κ3) is 4.58. The third-order valence-electron chi connectivity index (χ3n) is 7.69. The second kappa shape index (κ2) is 8.84. The Balaban J connectivity index is 0.974. The van der Waals surface area contributed by atoms with Crippen molar-refractivity contribution < 1.29 is 4.79 Å². The monoisotopic (exact) mass is 463 g/mol. The summed E-state index contributed by atoms with van der Waals surface area (Å²) in [6.45, 7) is 3.41. The maximum atomic E-state index is 12.9. The molecule has 2 aliphatic carbocycles. The van der Waals surface area contributed by atoms with Gasteiger partial charge in [0, 0.05) is 48.6 Å². The van der Waals surface area contributed by atoms with E-state index in [-0.39, 0.29) is 11.9 Å². The molecule has 0 bridgehead atoms. The number of carbonyl (C=O) groups excluding carboxylic acids is 1. The highest BCUT2D eigenvalue weighted by Gasteiger charge is 2.30. The molecule has 0 spiro atoms. The summed E-state index contributed by atoms with van der Waals surface area (Å²) >= 11 is 1.98. The largest absolute Gasteiger partial charge is 0.349 e. The fraction of sp³-hybridized carbons (Fsp3) is 0.577. The van der Waals surface area contributed by atoms with E-state index in [0.717, 1.165) is 47.7 Å². The number of fused-ring (bicyclic) bond motifs is 2. The van der Waals surface area contributed by atoms with Gasteiger partial charge in [0.25, 0.3) is 5.91 Å². The number of carbonyl (C=O) groups is 1. The summed E-state index contributed by atoms with van der Waals surface area (Å²) in [5, 5.41) is 10.1. The van der Waals surface area contributed by atoms with E-state index < -0.39 is 0 Å². The normalized spacial score (nSPS) is 23.5. The predicted octanol–water partition coefficient (Wildman–Crippen LogP) is 4.64. The molecule has 3 heterocycles. The molecule has 0 saturated heterocycles. The highest BCUT2D eigenvalue weighted by Crippen LogP contribution is 2.43. The van der Waals surface area contributed by atoms with Crippen LogP contribution in [-0.2, 0) is 20.0 Å². The molecule has 1 amide bonds. The first-order valence-corrected chi connectivity index (χ1v) is 13.4. The third-order valence-corrected chi connectivity index (χ3v) is 9.01. The van der Waals surface area contributed by atoms with Gasteiger partial charge in [0.15, 0.2) is 0 Å². The van der Waals surface area contributed by atoms with Crippen LogP contribution in [0.3, 0.4) is 0 Å². The second-order valence-electron chi connectivity index (χ2n) is 10.2. The lowest BCUT2D eigenvalue weighted by Gasteiger charge is -2.32. The van der Waals surface area contributed by atoms with Crippen molar-refractivity contribution >= 4 is 28.1 Å². The Hall–Kier alpha value is -2.25. The highest BCUT2D eigenvalue weighted by atomic mass is 32.1. The molecule has 33 heavy (non-hydrogen) atoms. The zero-order valence-electron chi connectivity index (χ0n) is 19.4. The van der Waals surface area contributed by atoms with Crippen molar-refractivity contribution in [1.82, 2.24) is 25.0 Å². The number of benzene rings is 1. The fourth-order valence-corrected chi connectivity index (χ4v) is 6.78. The second-order valence-corrected chi connectivity index (χ2v) is 11.4. The van der Waals surface area contributed by atoms with E-state index in [1.807, 2.05) is 42.8 Å². The Morgan fingerprint density at radius 3 is 2.85 bits per heavy atom. The molecule has 2 aromatic heterocycles. The van der Waals surface area contributed by atoms with Gasteiger partial charge in [0.2, 0.25) is 0 Å². The summed E-state index contributed by atoms with van der Waals surface area (Å²) in [6, 6.07) is 6.07. The molecular formula is C26H33N5OS. The molecule has 7 heteroatoms. The molecule has 1 N–H and O–H groups in total. The first-order valence-electron chi connectivity index (χ1n) is 12.6. The molecule has 2 saturated carbocycles. The van der Waals surface area contributed by atoms with Crippen molar-refractivity contribution in [1.29, 1.82) is 0 Å². The van der Waals surface area contributed by atoms with Crippen molar-refractivity contribution in [2.24, 2.45) is 13.0 Å². The molecule has 0 radical (unpaired) electrons.